The third-order valence-corrected chi connectivity index (χ3v) is 4.20. The molecular weight excluding hydrogens is 267 g/mol. The lowest BCUT2D eigenvalue weighted by Crippen LogP contribution is -2.10. The number of hydrogen-bond donors (Lipinski definition) is 1. The third kappa shape index (κ3) is 2.68. The van der Waals surface area contributed by atoms with Crippen LogP contribution in [0.5, 0.6) is 0 Å². The molecule has 0 fully saturated rings. The van der Waals surface area contributed by atoms with E-state index >= 15 is 0 Å². The van der Waals surface area contributed by atoms with Crippen molar-refractivity contribution in [3.63, 3.8) is 0 Å². The maximum Gasteiger partial charge on any atom is 0.335 e. The van der Waals surface area contributed by atoms with Crippen LogP contribution in [-0.4, -0.2) is 11.1 Å². The van der Waals surface area contributed by atoms with Crippen LogP contribution in [-0.2, 0) is 19.3 Å². The van der Waals surface area contributed by atoms with Crippen molar-refractivity contribution in [3.05, 3.63) is 70.0 Å². The number of rotatable bonds is 3. The normalized spacial score (nSPS) is 13.8. The fourth-order valence-electron chi connectivity index (χ4n) is 3.15. The monoisotopic (exact) mass is 284 g/mol. The van der Waals surface area contributed by atoms with Crippen molar-refractivity contribution >= 4 is 5.97 Å². The molecule has 3 heteroatoms. The number of fused-ring (bicyclic) bond motifs is 1. The second-order valence-electron chi connectivity index (χ2n) is 5.51. The number of hydrogen-bond acceptors (Lipinski definition) is 1. The number of carboxylic acid groups (broad SMARTS) is 1. The molecule has 0 spiro atoms. The Morgan fingerprint density at radius 2 is 1.71 bits per heavy atom. The molecule has 1 aliphatic rings. The Bertz CT molecular complexity index is 692. The van der Waals surface area contributed by atoms with Gasteiger partial charge in [-0.05, 0) is 66.5 Å². The molecule has 0 atom stereocenters. The minimum absolute atomic E-state index is 0.125. The van der Waals surface area contributed by atoms with Crippen molar-refractivity contribution in [3.8, 4) is 0 Å². The van der Waals surface area contributed by atoms with Gasteiger partial charge in [-0.1, -0.05) is 24.3 Å². The van der Waals surface area contributed by atoms with Crippen LogP contribution in [0.1, 0.15) is 45.5 Å². The lowest BCUT2D eigenvalue weighted by atomic mass is 9.85. The van der Waals surface area contributed by atoms with Gasteiger partial charge >= 0.3 is 5.97 Å². The van der Waals surface area contributed by atoms with Gasteiger partial charge in [0.15, 0.2) is 0 Å². The highest BCUT2D eigenvalue weighted by Gasteiger charge is 2.18. The zero-order valence-corrected chi connectivity index (χ0v) is 11.7. The van der Waals surface area contributed by atoms with Gasteiger partial charge in [0.2, 0.25) is 0 Å². The van der Waals surface area contributed by atoms with Crippen LogP contribution in [0.25, 0.3) is 0 Å². The van der Waals surface area contributed by atoms with E-state index in [0.717, 1.165) is 47.9 Å². The van der Waals surface area contributed by atoms with Crippen LogP contribution < -0.4 is 0 Å². The molecule has 0 aliphatic heterocycles. The molecule has 0 saturated carbocycles. The third-order valence-electron chi connectivity index (χ3n) is 4.20. The Balaban J connectivity index is 2.02. The minimum atomic E-state index is -0.915. The molecule has 3 rings (SSSR count). The number of carbonyl (C=O) groups is 1. The van der Waals surface area contributed by atoms with Gasteiger partial charge in [0, 0.05) is 0 Å². The van der Waals surface area contributed by atoms with Crippen molar-refractivity contribution < 1.29 is 14.3 Å². The van der Waals surface area contributed by atoms with Crippen molar-refractivity contribution in [1.29, 1.82) is 0 Å². The summed E-state index contributed by atoms with van der Waals surface area (Å²) in [5.74, 6) is -1.04. The summed E-state index contributed by atoms with van der Waals surface area (Å²) in [6.45, 7) is 0. The molecule has 1 N–H and O–H groups in total. The van der Waals surface area contributed by atoms with E-state index in [1.807, 2.05) is 12.1 Å². The van der Waals surface area contributed by atoms with Crippen LogP contribution >= 0.6 is 0 Å². The van der Waals surface area contributed by atoms with Gasteiger partial charge in [-0.2, -0.15) is 0 Å². The Labute approximate surface area is 123 Å². The SMILES string of the molecule is O=C(O)c1ccccc1Cc1ccc(F)c2c1CCCC2. The Kier molecular flexibility index (Phi) is 3.74. The highest BCUT2D eigenvalue weighted by molar-refractivity contribution is 5.89. The number of benzene rings is 2. The van der Waals surface area contributed by atoms with E-state index in [9.17, 15) is 14.3 Å². The summed E-state index contributed by atoms with van der Waals surface area (Å²) < 4.78 is 13.9. The van der Waals surface area contributed by atoms with Crippen LogP contribution in [0, 0.1) is 5.82 Å². The average molecular weight is 284 g/mol. The predicted octanol–water partition coefficient (Wildman–Crippen LogP) is 3.99. The Morgan fingerprint density at radius 3 is 2.48 bits per heavy atom. The maximum atomic E-state index is 13.9. The predicted molar refractivity (Wildman–Crippen MR) is 79.2 cm³/mol. The molecule has 108 valence electrons. The smallest absolute Gasteiger partial charge is 0.335 e. The summed E-state index contributed by atoms with van der Waals surface area (Å²) in [6, 6.07) is 10.3. The summed E-state index contributed by atoms with van der Waals surface area (Å²) in [5.41, 5.74) is 4.07. The van der Waals surface area contributed by atoms with Crippen molar-refractivity contribution in [2.45, 2.75) is 32.1 Å². The number of aromatic carboxylic acids is 1. The molecule has 0 amide bonds. The quantitative estimate of drug-likeness (QED) is 0.925. The molecule has 2 aromatic rings. The highest BCUT2D eigenvalue weighted by atomic mass is 19.1. The summed E-state index contributed by atoms with van der Waals surface area (Å²) in [7, 11) is 0. The molecule has 0 aromatic heterocycles. The summed E-state index contributed by atoms with van der Waals surface area (Å²) in [6.07, 6.45) is 4.32. The topological polar surface area (TPSA) is 37.3 Å². The highest BCUT2D eigenvalue weighted by Crippen LogP contribution is 2.29. The second kappa shape index (κ2) is 5.68. The van der Waals surface area contributed by atoms with Crippen LogP contribution in [0.2, 0.25) is 0 Å². The molecule has 1 aliphatic carbocycles. The first kappa shape index (κ1) is 13.8. The van der Waals surface area contributed by atoms with Crippen LogP contribution in [0.3, 0.4) is 0 Å². The van der Waals surface area contributed by atoms with E-state index in [0.29, 0.717) is 12.0 Å². The van der Waals surface area contributed by atoms with Crippen molar-refractivity contribution in [2.75, 3.05) is 0 Å². The van der Waals surface area contributed by atoms with E-state index in [1.165, 1.54) is 6.07 Å². The van der Waals surface area contributed by atoms with Gasteiger partial charge in [-0.25, -0.2) is 9.18 Å². The summed E-state index contributed by atoms with van der Waals surface area (Å²) >= 11 is 0. The molecule has 0 heterocycles. The van der Waals surface area contributed by atoms with E-state index in [2.05, 4.69) is 0 Å². The fraction of sp³-hybridized carbons (Fsp3) is 0.278. The molecule has 21 heavy (non-hydrogen) atoms. The first-order valence-electron chi connectivity index (χ1n) is 7.27. The maximum absolute atomic E-state index is 13.9. The zero-order valence-electron chi connectivity index (χ0n) is 11.7. The minimum Gasteiger partial charge on any atom is -0.478 e. The Morgan fingerprint density at radius 1 is 1.00 bits per heavy atom. The standard InChI is InChI=1S/C18H17FO2/c19-17-10-9-13(14-6-3-4-8-16(14)17)11-12-5-1-2-7-15(12)18(20)21/h1-2,5,7,9-10H,3-4,6,8,11H2,(H,20,21). The average Bonchev–Trinajstić information content (AvgIpc) is 2.51. The zero-order chi connectivity index (χ0) is 14.8. The molecular formula is C18H17FO2. The first-order valence-corrected chi connectivity index (χ1v) is 7.27. The lowest BCUT2D eigenvalue weighted by molar-refractivity contribution is 0.0696. The molecule has 0 radical (unpaired) electrons. The first-order chi connectivity index (χ1) is 10.2. The van der Waals surface area contributed by atoms with E-state index in [-0.39, 0.29) is 5.82 Å². The van der Waals surface area contributed by atoms with E-state index < -0.39 is 5.97 Å². The molecule has 0 bridgehead atoms. The Hall–Kier alpha value is -2.16. The summed E-state index contributed by atoms with van der Waals surface area (Å²) in [4.78, 5) is 11.3. The largest absolute Gasteiger partial charge is 0.478 e. The number of halogens is 1. The van der Waals surface area contributed by atoms with Gasteiger partial charge in [0.1, 0.15) is 5.82 Å². The molecule has 0 unspecified atom stereocenters. The van der Waals surface area contributed by atoms with Gasteiger partial charge in [0.25, 0.3) is 0 Å². The molecule has 0 saturated heterocycles. The molecule has 2 nitrogen and oxygen atoms in total. The van der Waals surface area contributed by atoms with Crippen LogP contribution in [0.15, 0.2) is 36.4 Å². The second-order valence-corrected chi connectivity index (χ2v) is 5.51. The van der Waals surface area contributed by atoms with Crippen LogP contribution in [0.4, 0.5) is 4.39 Å². The summed E-state index contributed by atoms with van der Waals surface area (Å²) in [5, 5.41) is 9.27. The number of carboxylic acids is 1. The van der Waals surface area contributed by atoms with E-state index in [4.69, 9.17) is 0 Å². The van der Waals surface area contributed by atoms with Gasteiger partial charge < -0.3 is 5.11 Å². The van der Waals surface area contributed by atoms with Crippen molar-refractivity contribution in [2.24, 2.45) is 0 Å². The van der Waals surface area contributed by atoms with Gasteiger partial charge in [-0.15, -0.1) is 0 Å². The van der Waals surface area contributed by atoms with Gasteiger partial charge in [-0.3, -0.25) is 0 Å². The van der Waals surface area contributed by atoms with Gasteiger partial charge in [0.05, 0.1) is 5.56 Å². The molecule has 2 aromatic carbocycles. The fourth-order valence-corrected chi connectivity index (χ4v) is 3.15. The van der Waals surface area contributed by atoms with E-state index in [1.54, 1.807) is 18.2 Å². The van der Waals surface area contributed by atoms with Crippen molar-refractivity contribution in [1.82, 2.24) is 0 Å². The lowest BCUT2D eigenvalue weighted by Gasteiger charge is -2.20.